The summed E-state index contributed by atoms with van der Waals surface area (Å²) in [6.45, 7) is 2.69. The molecule has 1 N–H and O–H groups in total. The van der Waals surface area contributed by atoms with Crippen molar-refractivity contribution >= 4 is 34.1 Å². The van der Waals surface area contributed by atoms with Crippen molar-refractivity contribution in [1.82, 2.24) is 9.97 Å². The molecule has 0 bridgehead atoms. The molecule has 37 heavy (non-hydrogen) atoms. The quantitative estimate of drug-likeness (QED) is 0.127. The van der Waals surface area contributed by atoms with Crippen molar-refractivity contribution in [3.8, 4) is 11.5 Å². The van der Waals surface area contributed by atoms with Crippen LogP contribution < -0.4 is 14.8 Å². The molecular weight excluding hydrogens is 472 g/mol. The Morgan fingerprint density at radius 1 is 0.919 bits per heavy atom. The molecule has 0 saturated heterocycles. The van der Waals surface area contributed by atoms with E-state index in [0.29, 0.717) is 36.7 Å². The Bertz CT molecular complexity index is 1380. The van der Waals surface area contributed by atoms with E-state index >= 15 is 0 Å². The number of esters is 1. The summed E-state index contributed by atoms with van der Waals surface area (Å²) in [6, 6.07) is 20.6. The van der Waals surface area contributed by atoms with Crippen LogP contribution in [0.15, 0.2) is 78.2 Å². The van der Waals surface area contributed by atoms with Crippen molar-refractivity contribution in [1.29, 1.82) is 0 Å². The van der Waals surface area contributed by atoms with Gasteiger partial charge in [0, 0.05) is 17.5 Å². The summed E-state index contributed by atoms with van der Waals surface area (Å²) in [5.74, 6) is 1.32. The SMILES string of the molecule is COC(=O)c1ccc(OCCCO/N=C(\C)c2ccc(Nc3ncnc4ccccc34)cc2)c(OC)c1. The Hall–Kier alpha value is -4.66. The second-order valence-corrected chi connectivity index (χ2v) is 8.01. The number of rotatable bonds is 11. The molecule has 0 saturated carbocycles. The van der Waals surface area contributed by atoms with Crippen LogP contribution >= 0.6 is 0 Å². The molecule has 190 valence electrons. The molecule has 1 heterocycles. The number of methoxy groups -OCH3 is 2. The third kappa shape index (κ3) is 6.52. The van der Waals surface area contributed by atoms with Gasteiger partial charge in [0.15, 0.2) is 11.5 Å². The van der Waals surface area contributed by atoms with E-state index in [0.717, 1.165) is 33.7 Å². The van der Waals surface area contributed by atoms with Crippen LogP contribution in [0.1, 0.15) is 29.3 Å². The van der Waals surface area contributed by atoms with E-state index in [1.54, 1.807) is 24.5 Å². The van der Waals surface area contributed by atoms with Gasteiger partial charge in [-0.2, -0.15) is 0 Å². The fourth-order valence-corrected chi connectivity index (χ4v) is 3.57. The number of carbonyl (C=O) groups excluding carboxylic acids is 1. The summed E-state index contributed by atoms with van der Waals surface area (Å²) < 4.78 is 15.8. The van der Waals surface area contributed by atoms with Gasteiger partial charge in [-0.05, 0) is 55.0 Å². The van der Waals surface area contributed by atoms with Crippen LogP contribution in [0.4, 0.5) is 11.5 Å². The van der Waals surface area contributed by atoms with Gasteiger partial charge >= 0.3 is 5.97 Å². The monoisotopic (exact) mass is 500 g/mol. The van der Waals surface area contributed by atoms with Gasteiger partial charge in [-0.3, -0.25) is 0 Å². The summed E-state index contributed by atoms with van der Waals surface area (Å²) >= 11 is 0. The van der Waals surface area contributed by atoms with E-state index in [2.05, 4.69) is 20.4 Å². The van der Waals surface area contributed by atoms with E-state index in [-0.39, 0.29) is 0 Å². The minimum absolute atomic E-state index is 0.389. The van der Waals surface area contributed by atoms with Gasteiger partial charge in [0.05, 0.1) is 37.6 Å². The fraction of sp³-hybridized carbons (Fsp3) is 0.214. The highest BCUT2D eigenvalue weighted by atomic mass is 16.6. The third-order valence-corrected chi connectivity index (χ3v) is 5.53. The zero-order chi connectivity index (χ0) is 26.0. The van der Waals surface area contributed by atoms with Gasteiger partial charge in [0.2, 0.25) is 0 Å². The Morgan fingerprint density at radius 2 is 1.70 bits per heavy atom. The molecule has 0 aliphatic rings. The molecule has 0 aliphatic carbocycles. The predicted octanol–water partition coefficient (Wildman–Crippen LogP) is 5.38. The maximum Gasteiger partial charge on any atom is 0.337 e. The number of carbonyl (C=O) groups is 1. The predicted molar refractivity (Wildman–Crippen MR) is 142 cm³/mol. The summed E-state index contributed by atoms with van der Waals surface area (Å²) in [5, 5.41) is 8.52. The summed E-state index contributed by atoms with van der Waals surface area (Å²) in [6.07, 6.45) is 2.17. The molecule has 3 aromatic carbocycles. The summed E-state index contributed by atoms with van der Waals surface area (Å²) in [5.41, 5.74) is 3.90. The third-order valence-electron chi connectivity index (χ3n) is 5.53. The van der Waals surface area contributed by atoms with Crippen molar-refractivity contribution < 1.29 is 23.8 Å². The number of aromatic nitrogens is 2. The van der Waals surface area contributed by atoms with Crippen LogP contribution in [0.25, 0.3) is 10.9 Å². The Kier molecular flexibility index (Phi) is 8.49. The molecule has 0 unspecified atom stereocenters. The molecule has 0 aliphatic heterocycles. The molecule has 4 aromatic rings. The number of anilines is 2. The van der Waals surface area contributed by atoms with Crippen LogP contribution in [-0.2, 0) is 9.57 Å². The Morgan fingerprint density at radius 3 is 2.49 bits per heavy atom. The van der Waals surface area contributed by atoms with E-state index < -0.39 is 5.97 Å². The van der Waals surface area contributed by atoms with Gasteiger partial charge < -0.3 is 24.4 Å². The average molecular weight is 501 g/mol. The highest BCUT2D eigenvalue weighted by molar-refractivity contribution is 5.98. The number of hydrogen-bond acceptors (Lipinski definition) is 9. The number of para-hydroxylation sites is 1. The molecule has 9 nitrogen and oxygen atoms in total. The van der Waals surface area contributed by atoms with Gasteiger partial charge in [-0.15, -0.1) is 0 Å². The van der Waals surface area contributed by atoms with Crippen molar-refractivity contribution in [2.75, 3.05) is 32.8 Å². The second-order valence-electron chi connectivity index (χ2n) is 8.01. The molecule has 4 rings (SSSR count). The van der Waals surface area contributed by atoms with Crippen molar-refractivity contribution in [2.45, 2.75) is 13.3 Å². The molecule has 9 heteroatoms. The number of oxime groups is 1. The van der Waals surface area contributed by atoms with Crippen molar-refractivity contribution in [3.63, 3.8) is 0 Å². The maximum atomic E-state index is 11.7. The number of benzene rings is 3. The molecule has 0 radical (unpaired) electrons. The zero-order valence-corrected chi connectivity index (χ0v) is 20.9. The number of nitrogens with zero attached hydrogens (tertiary/aromatic N) is 3. The Labute approximate surface area is 215 Å². The summed E-state index contributed by atoms with van der Waals surface area (Å²) in [4.78, 5) is 25.8. The number of hydrogen-bond donors (Lipinski definition) is 1. The molecule has 1 aromatic heterocycles. The lowest BCUT2D eigenvalue weighted by molar-refractivity contribution is 0.0600. The van der Waals surface area contributed by atoms with Crippen LogP contribution in [0.5, 0.6) is 11.5 Å². The number of ether oxygens (including phenoxy) is 3. The van der Waals surface area contributed by atoms with Crippen molar-refractivity contribution in [3.05, 3.63) is 84.2 Å². The molecule has 0 amide bonds. The smallest absolute Gasteiger partial charge is 0.337 e. The number of nitrogens with one attached hydrogen (secondary N) is 1. The van der Waals surface area contributed by atoms with Crippen LogP contribution in [-0.4, -0.2) is 49.1 Å². The van der Waals surface area contributed by atoms with Crippen molar-refractivity contribution in [2.24, 2.45) is 5.16 Å². The van der Waals surface area contributed by atoms with Gasteiger partial charge in [0.25, 0.3) is 0 Å². The molecule has 0 atom stereocenters. The van der Waals surface area contributed by atoms with Gasteiger partial charge in [-0.1, -0.05) is 29.4 Å². The maximum absolute atomic E-state index is 11.7. The van der Waals surface area contributed by atoms with Crippen LogP contribution in [0.3, 0.4) is 0 Å². The topological polar surface area (TPSA) is 104 Å². The Balaban J connectivity index is 1.25. The van der Waals surface area contributed by atoms with Crippen LogP contribution in [0.2, 0.25) is 0 Å². The van der Waals surface area contributed by atoms with E-state index in [1.807, 2.05) is 55.5 Å². The first-order valence-electron chi connectivity index (χ1n) is 11.7. The van der Waals surface area contributed by atoms with E-state index in [4.69, 9.17) is 19.0 Å². The second kappa shape index (κ2) is 12.3. The first kappa shape index (κ1) is 25.4. The fourth-order valence-electron chi connectivity index (χ4n) is 3.57. The zero-order valence-electron chi connectivity index (χ0n) is 20.9. The molecule has 0 spiro atoms. The largest absolute Gasteiger partial charge is 0.493 e. The number of fused-ring (bicyclic) bond motifs is 1. The first-order chi connectivity index (χ1) is 18.1. The summed E-state index contributed by atoms with van der Waals surface area (Å²) in [7, 11) is 2.85. The highest BCUT2D eigenvalue weighted by Gasteiger charge is 2.11. The average Bonchev–Trinajstić information content (AvgIpc) is 2.95. The molecular formula is C28H28N4O5. The lowest BCUT2D eigenvalue weighted by Crippen LogP contribution is -2.05. The van der Waals surface area contributed by atoms with E-state index in [1.165, 1.54) is 14.2 Å². The van der Waals surface area contributed by atoms with Gasteiger partial charge in [0.1, 0.15) is 18.8 Å². The lowest BCUT2D eigenvalue weighted by Gasteiger charge is -2.11. The first-order valence-corrected chi connectivity index (χ1v) is 11.7. The minimum atomic E-state index is -0.434. The normalized spacial score (nSPS) is 11.2. The minimum Gasteiger partial charge on any atom is -0.493 e. The van der Waals surface area contributed by atoms with Gasteiger partial charge in [-0.25, -0.2) is 14.8 Å². The van der Waals surface area contributed by atoms with Crippen LogP contribution in [0, 0.1) is 0 Å². The van der Waals surface area contributed by atoms with E-state index in [9.17, 15) is 4.79 Å². The lowest BCUT2D eigenvalue weighted by atomic mass is 10.1. The standard InChI is InChI=1S/C28H28N4O5/c1-19(32-37-16-6-15-36-25-14-11-21(28(33)35-3)17-26(25)34-2)20-9-12-22(13-10-20)31-27-23-7-4-5-8-24(23)29-18-30-27/h4-5,7-14,17-18H,6,15-16H2,1-3H3,(H,29,30,31)/b32-19+. The highest BCUT2D eigenvalue weighted by Crippen LogP contribution is 2.28. The molecule has 0 fully saturated rings.